The molecule has 0 aliphatic heterocycles. The number of amides is 1. The van der Waals surface area contributed by atoms with Crippen LogP contribution in [-0.2, 0) is 24.3 Å². The molecular formula is C24H21N5O3. The fraction of sp³-hybridized carbons (Fsp3) is 0.167. The Hall–Kier alpha value is -4.20. The molecular weight excluding hydrogens is 406 g/mol. The van der Waals surface area contributed by atoms with Crippen LogP contribution in [0.1, 0.15) is 23.6 Å². The average molecular weight is 427 g/mol. The first-order valence-electron chi connectivity index (χ1n) is 10.4. The van der Waals surface area contributed by atoms with E-state index < -0.39 is 0 Å². The minimum atomic E-state index is -0.118. The summed E-state index contributed by atoms with van der Waals surface area (Å²) >= 11 is 0. The van der Waals surface area contributed by atoms with E-state index in [1.54, 1.807) is 23.0 Å². The van der Waals surface area contributed by atoms with Gasteiger partial charge in [0.2, 0.25) is 11.7 Å². The van der Waals surface area contributed by atoms with Gasteiger partial charge in [0.1, 0.15) is 11.6 Å². The highest BCUT2D eigenvalue weighted by Crippen LogP contribution is 2.16. The van der Waals surface area contributed by atoms with Gasteiger partial charge in [0.25, 0.3) is 5.56 Å². The van der Waals surface area contributed by atoms with Crippen molar-refractivity contribution >= 4 is 22.6 Å². The quantitative estimate of drug-likeness (QED) is 0.431. The zero-order valence-corrected chi connectivity index (χ0v) is 17.3. The molecule has 3 aromatic heterocycles. The first-order chi connectivity index (χ1) is 15.7. The lowest BCUT2D eigenvalue weighted by Gasteiger charge is -2.11. The number of hydrogen-bond acceptors (Lipinski definition) is 5. The summed E-state index contributed by atoms with van der Waals surface area (Å²) in [6.07, 6.45) is 2.20. The maximum absolute atomic E-state index is 13.2. The van der Waals surface area contributed by atoms with Crippen molar-refractivity contribution in [1.82, 2.24) is 24.5 Å². The molecule has 0 atom stereocenters. The summed E-state index contributed by atoms with van der Waals surface area (Å²) in [6, 6.07) is 20.8. The summed E-state index contributed by atoms with van der Waals surface area (Å²) in [6.45, 7) is 0.724. The molecule has 160 valence electrons. The van der Waals surface area contributed by atoms with Gasteiger partial charge in [0.15, 0.2) is 0 Å². The smallest absolute Gasteiger partial charge is 0.263 e. The Balaban J connectivity index is 1.48. The zero-order valence-electron chi connectivity index (χ0n) is 17.3. The van der Waals surface area contributed by atoms with Crippen LogP contribution in [0.5, 0.6) is 0 Å². The number of para-hydroxylation sites is 1. The number of furan rings is 1. The molecule has 1 N–H and O–H groups in total. The van der Waals surface area contributed by atoms with Crippen molar-refractivity contribution in [2.75, 3.05) is 0 Å². The maximum Gasteiger partial charge on any atom is 0.263 e. The first-order valence-corrected chi connectivity index (χ1v) is 10.4. The lowest BCUT2D eigenvalue weighted by Crippen LogP contribution is -2.25. The molecule has 0 saturated carbocycles. The van der Waals surface area contributed by atoms with Gasteiger partial charge >= 0.3 is 0 Å². The maximum atomic E-state index is 13.2. The Kier molecular flexibility index (Phi) is 5.25. The summed E-state index contributed by atoms with van der Waals surface area (Å²) in [5, 5.41) is 12.1. The molecule has 2 aromatic carbocycles. The number of nitrogens with zero attached hydrogens (tertiary/aromatic N) is 4. The summed E-state index contributed by atoms with van der Waals surface area (Å²) in [5.74, 6) is 1.68. The molecule has 8 nitrogen and oxygen atoms in total. The molecule has 0 saturated heterocycles. The molecule has 0 aliphatic rings. The second-order valence-corrected chi connectivity index (χ2v) is 7.50. The standard InChI is InChI=1S/C24H21N5O3/c30-22(25-15-18-9-6-14-32-18)13-12-21-26-27-24-28(16-17-7-2-1-3-8-17)23(31)19-10-4-5-11-20(19)29(21)24/h1-11,14H,12-13,15-16H2,(H,25,30). The van der Waals surface area contributed by atoms with Crippen LogP contribution in [0.4, 0.5) is 0 Å². The zero-order chi connectivity index (χ0) is 21.9. The van der Waals surface area contributed by atoms with Crippen LogP contribution in [0, 0.1) is 0 Å². The van der Waals surface area contributed by atoms with E-state index in [4.69, 9.17) is 4.42 Å². The van der Waals surface area contributed by atoms with Gasteiger partial charge in [-0.2, -0.15) is 0 Å². The third-order valence-electron chi connectivity index (χ3n) is 5.37. The highest BCUT2D eigenvalue weighted by molar-refractivity contribution is 5.80. The molecule has 5 rings (SSSR count). The SMILES string of the molecule is O=C(CCc1nnc2n(Cc3ccccc3)c(=O)c3ccccc3n12)NCc1ccco1. The molecule has 5 aromatic rings. The van der Waals surface area contributed by atoms with Gasteiger partial charge in [0, 0.05) is 12.8 Å². The third-order valence-corrected chi connectivity index (χ3v) is 5.37. The molecule has 8 heteroatoms. The van der Waals surface area contributed by atoms with E-state index in [1.165, 1.54) is 0 Å². The predicted octanol–water partition coefficient (Wildman–Crippen LogP) is 2.93. The minimum absolute atomic E-state index is 0.111. The van der Waals surface area contributed by atoms with Gasteiger partial charge in [0.05, 0.1) is 30.3 Å². The number of rotatable bonds is 7. The van der Waals surface area contributed by atoms with Crippen molar-refractivity contribution in [1.29, 1.82) is 0 Å². The van der Waals surface area contributed by atoms with Crippen molar-refractivity contribution in [3.05, 3.63) is 100 Å². The molecule has 1 amide bonds. The van der Waals surface area contributed by atoms with Crippen molar-refractivity contribution in [2.45, 2.75) is 25.9 Å². The van der Waals surface area contributed by atoms with Crippen LogP contribution in [0.25, 0.3) is 16.7 Å². The Morgan fingerprint density at radius 2 is 1.78 bits per heavy atom. The Labute approximate surface area is 183 Å². The summed E-state index contributed by atoms with van der Waals surface area (Å²) in [7, 11) is 0. The number of carbonyl (C=O) groups is 1. The lowest BCUT2D eigenvalue weighted by atomic mass is 10.2. The van der Waals surface area contributed by atoms with Crippen LogP contribution >= 0.6 is 0 Å². The molecule has 0 aliphatic carbocycles. The fourth-order valence-electron chi connectivity index (χ4n) is 3.80. The number of fused-ring (bicyclic) bond motifs is 3. The molecule has 0 unspecified atom stereocenters. The van der Waals surface area contributed by atoms with E-state index in [-0.39, 0.29) is 17.9 Å². The molecule has 0 bridgehead atoms. The van der Waals surface area contributed by atoms with Crippen LogP contribution in [-0.4, -0.2) is 25.1 Å². The van der Waals surface area contributed by atoms with Gasteiger partial charge in [-0.25, -0.2) is 0 Å². The highest BCUT2D eigenvalue weighted by atomic mass is 16.3. The second kappa shape index (κ2) is 8.50. The second-order valence-electron chi connectivity index (χ2n) is 7.50. The van der Waals surface area contributed by atoms with Crippen molar-refractivity contribution in [3.8, 4) is 0 Å². The first kappa shape index (κ1) is 19.7. The van der Waals surface area contributed by atoms with Gasteiger partial charge in [-0.15, -0.1) is 10.2 Å². The van der Waals surface area contributed by atoms with Crippen LogP contribution < -0.4 is 10.9 Å². The highest BCUT2D eigenvalue weighted by Gasteiger charge is 2.17. The summed E-state index contributed by atoms with van der Waals surface area (Å²) < 4.78 is 8.74. The van der Waals surface area contributed by atoms with Crippen LogP contribution in [0.2, 0.25) is 0 Å². The van der Waals surface area contributed by atoms with Gasteiger partial charge in [-0.05, 0) is 29.8 Å². The predicted molar refractivity (Wildman–Crippen MR) is 119 cm³/mol. The number of benzene rings is 2. The Morgan fingerprint density at radius 1 is 0.969 bits per heavy atom. The Bertz CT molecular complexity index is 1440. The van der Waals surface area contributed by atoms with Crippen molar-refractivity contribution < 1.29 is 9.21 Å². The van der Waals surface area contributed by atoms with E-state index >= 15 is 0 Å². The largest absolute Gasteiger partial charge is 0.467 e. The van der Waals surface area contributed by atoms with E-state index in [0.29, 0.717) is 42.3 Å². The topological polar surface area (TPSA) is 94.4 Å². The average Bonchev–Trinajstić information content (AvgIpc) is 3.50. The van der Waals surface area contributed by atoms with Gasteiger partial charge < -0.3 is 9.73 Å². The van der Waals surface area contributed by atoms with Crippen molar-refractivity contribution in [2.24, 2.45) is 0 Å². The summed E-state index contributed by atoms with van der Waals surface area (Å²) in [4.78, 5) is 25.6. The van der Waals surface area contributed by atoms with E-state index in [0.717, 1.165) is 11.1 Å². The van der Waals surface area contributed by atoms with E-state index in [1.807, 2.05) is 59.0 Å². The third kappa shape index (κ3) is 3.78. The number of aromatic nitrogens is 4. The van der Waals surface area contributed by atoms with Crippen LogP contribution in [0.15, 0.2) is 82.2 Å². The minimum Gasteiger partial charge on any atom is -0.467 e. The lowest BCUT2D eigenvalue weighted by molar-refractivity contribution is -0.121. The molecule has 3 heterocycles. The van der Waals surface area contributed by atoms with E-state index in [2.05, 4.69) is 15.5 Å². The number of aryl methyl sites for hydroxylation is 1. The number of nitrogens with one attached hydrogen (secondary N) is 1. The van der Waals surface area contributed by atoms with Gasteiger partial charge in [-0.3, -0.25) is 18.6 Å². The monoisotopic (exact) mass is 427 g/mol. The number of carbonyl (C=O) groups excluding carboxylic acids is 1. The van der Waals surface area contributed by atoms with Gasteiger partial charge in [-0.1, -0.05) is 42.5 Å². The molecule has 0 fully saturated rings. The molecule has 32 heavy (non-hydrogen) atoms. The number of hydrogen-bond donors (Lipinski definition) is 1. The Morgan fingerprint density at radius 3 is 2.59 bits per heavy atom. The fourth-order valence-corrected chi connectivity index (χ4v) is 3.80. The van der Waals surface area contributed by atoms with E-state index in [9.17, 15) is 9.59 Å². The van der Waals surface area contributed by atoms with Crippen LogP contribution in [0.3, 0.4) is 0 Å². The molecule has 0 spiro atoms. The molecule has 0 radical (unpaired) electrons. The normalized spacial score (nSPS) is 11.2. The van der Waals surface area contributed by atoms with Crippen molar-refractivity contribution in [3.63, 3.8) is 0 Å². The summed E-state index contributed by atoms with van der Waals surface area (Å²) in [5.41, 5.74) is 1.61.